The molecule has 0 bridgehead atoms. The van der Waals surface area contributed by atoms with E-state index in [1.54, 1.807) is 42.6 Å². The fraction of sp³-hybridized carbons (Fsp3) is 0.426. The van der Waals surface area contributed by atoms with E-state index in [2.05, 4.69) is 57.2 Å². The molecule has 382 valence electrons. The summed E-state index contributed by atoms with van der Waals surface area (Å²) in [6, 6.07) is 7.86. The van der Waals surface area contributed by atoms with Gasteiger partial charge in [0.05, 0.1) is 12.9 Å². The second kappa shape index (κ2) is 28.2. The number of para-hydroxylation sites is 1. The summed E-state index contributed by atoms with van der Waals surface area (Å²) in [6.07, 6.45) is 4.71. The number of nitrogens with zero attached hydrogens (tertiary/aromatic N) is 2. The number of carboxylic acid groups (broad SMARTS) is 1. The largest absolute Gasteiger partial charge is 0.481 e. The Bertz CT molecular complexity index is 2470. The van der Waals surface area contributed by atoms with Crippen LogP contribution >= 0.6 is 0 Å². The number of carbonyl (C=O) groups excluding carboxylic acids is 8. The van der Waals surface area contributed by atoms with E-state index >= 15 is 0 Å². The number of fused-ring (bicyclic) bond motifs is 1. The average molecular weight is 985 g/mol. The van der Waals surface area contributed by atoms with Gasteiger partial charge in [-0.15, -0.1) is 0 Å². The predicted octanol–water partition coefficient (Wildman–Crippen LogP) is -1.44. The molecule has 0 fully saturated rings. The molecule has 0 radical (unpaired) electrons. The van der Waals surface area contributed by atoms with Gasteiger partial charge in [-0.3, -0.25) is 48.1 Å². The van der Waals surface area contributed by atoms with Gasteiger partial charge in [-0.1, -0.05) is 68.3 Å². The highest BCUT2D eigenvalue weighted by molar-refractivity contribution is 5.98. The van der Waals surface area contributed by atoms with Gasteiger partial charge >= 0.3 is 5.97 Å². The van der Waals surface area contributed by atoms with E-state index < -0.39 is 102 Å². The van der Waals surface area contributed by atoms with Crippen LogP contribution < -0.4 is 54.4 Å². The first kappa shape index (κ1) is 55.3. The molecule has 0 unspecified atom stereocenters. The number of hydrogen-bond donors (Lipinski definition) is 13. The minimum absolute atomic E-state index is 0.0409. The second-order valence-corrected chi connectivity index (χ2v) is 16.8. The number of H-pyrrole nitrogens is 2. The fourth-order valence-corrected chi connectivity index (χ4v) is 7.50. The van der Waals surface area contributed by atoms with E-state index in [1.165, 1.54) is 19.4 Å². The SMILES string of the molecule is CCCC[C@H](NC(C)=O)C(=O)N[C@@H](CCC(=O)O)C(=O)N[C@@H](Cc1cnc[nH]1)C(=O)N[C@H](Cc1ccccc1)C(=O)N[C@@H](CCCN=C(N)N)C(=O)N[C@H](Cc1c[nH]c2ccccc12)C(=O)NCC(N)=O. The number of rotatable bonds is 30. The highest BCUT2D eigenvalue weighted by Gasteiger charge is 2.34. The number of unbranched alkanes of at least 4 members (excludes halogenated alkanes) is 1. The number of aliphatic imine (C=N–C) groups is 1. The summed E-state index contributed by atoms with van der Waals surface area (Å²) in [5.41, 5.74) is 18.8. The number of aromatic amines is 2. The number of carbonyl (C=O) groups is 9. The molecule has 2 aromatic carbocycles. The standard InChI is InChI=1S/C47H64N14O10/c1-3-4-14-33(56-27(2)62)42(67)58-35(17-18-40(64)65)44(69)61-38(22-30-24-51-26-55-30)46(71)59-36(20-28-11-6-5-7-12-28)45(70)57-34(16-10-19-52-47(49)50)43(68)60-37(41(66)54-25-39(48)63)21-29-23-53-32-15-9-8-13-31(29)32/h5-9,11-13,15,23-24,26,33-38,53H,3-4,10,14,16-22,25H2,1-2H3,(H2,48,63)(H,51,55)(H,54,66)(H,56,62)(H,57,70)(H,58,67)(H,59,71)(H,60,68)(H,61,69)(H,64,65)(H4,49,50,52)/t33-,34-,35-,36+,37+,38-/m0/s1. The highest BCUT2D eigenvalue weighted by atomic mass is 16.4. The van der Waals surface area contributed by atoms with E-state index in [9.17, 15) is 48.3 Å². The highest BCUT2D eigenvalue weighted by Crippen LogP contribution is 2.20. The van der Waals surface area contributed by atoms with Gasteiger partial charge in [-0.05, 0) is 42.9 Å². The van der Waals surface area contributed by atoms with Crippen LogP contribution in [0.4, 0.5) is 0 Å². The summed E-state index contributed by atoms with van der Waals surface area (Å²) in [6.45, 7) is 2.66. The van der Waals surface area contributed by atoms with Crippen molar-refractivity contribution in [3.05, 3.63) is 90.1 Å². The third kappa shape index (κ3) is 19.0. The molecule has 2 heterocycles. The van der Waals surface area contributed by atoms with Gasteiger partial charge in [-0.25, -0.2) is 4.98 Å². The van der Waals surface area contributed by atoms with Crippen molar-refractivity contribution in [3.8, 4) is 0 Å². The van der Waals surface area contributed by atoms with Crippen LogP contribution in [0.1, 0.15) is 75.6 Å². The summed E-state index contributed by atoms with van der Waals surface area (Å²) in [5, 5.41) is 28.6. The minimum Gasteiger partial charge on any atom is -0.481 e. The van der Waals surface area contributed by atoms with Crippen molar-refractivity contribution in [1.82, 2.24) is 52.2 Å². The van der Waals surface area contributed by atoms with Gasteiger partial charge in [0, 0.05) is 68.1 Å². The van der Waals surface area contributed by atoms with Gasteiger partial charge in [0.2, 0.25) is 47.3 Å². The number of nitrogens with one attached hydrogen (secondary N) is 9. The minimum atomic E-state index is -1.48. The number of guanidine groups is 1. The van der Waals surface area contributed by atoms with E-state index in [4.69, 9.17) is 17.2 Å². The topological polar surface area (TPSA) is 393 Å². The maximum atomic E-state index is 14.5. The third-order valence-corrected chi connectivity index (χ3v) is 11.1. The van der Waals surface area contributed by atoms with Crippen LogP contribution in [0.25, 0.3) is 10.9 Å². The molecule has 0 saturated heterocycles. The second-order valence-electron chi connectivity index (χ2n) is 16.8. The summed E-state index contributed by atoms with van der Waals surface area (Å²) < 4.78 is 0. The number of aromatic nitrogens is 3. The van der Waals surface area contributed by atoms with Crippen LogP contribution in [0, 0.1) is 0 Å². The van der Waals surface area contributed by atoms with Crippen molar-refractivity contribution in [1.29, 1.82) is 0 Å². The van der Waals surface area contributed by atoms with Crippen molar-refractivity contribution in [2.45, 2.75) is 114 Å². The predicted molar refractivity (Wildman–Crippen MR) is 260 cm³/mol. The van der Waals surface area contributed by atoms with Crippen LogP contribution in [-0.2, 0) is 62.4 Å². The molecule has 4 aromatic rings. The molecule has 6 atom stereocenters. The number of hydrogen-bond acceptors (Lipinski definition) is 11. The molecule has 8 amide bonds. The average Bonchev–Trinajstić information content (AvgIpc) is 4.01. The van der Waals surface area contributed by atoms with Crippen LogP contribution in [0.5, 0.6) is 0 Å². The van der Waals surface area contributed by atoms with Crippen molar-refractivity contribution >= 4 is 70.1 Å². The van der Waals surface area contributed by atoms with Crippen LogP contribution in [0.15, 0.2) is 78.3 Å². The molecule has 0 aliphatic carbocycles. The molecule has 0 spiro atoms. The van der Waals surface area contributed by atoms with E-state index in [-0.39, 0.29) is 57.5 Å². The Kier molecular flexibility index (Phi) is 22.0. The number of nitrogens with two attached hydrogens (primary N) is 3. The van der Waals surface area contributed by atoms with Gasteiger partial charge in [0.25, 0.3) is 0 Å². The first-order valence-electron chi connectivity index (χ1n) is 23.1. The molecular formula is C47H64N14O10. The Morgan fingerprint density at radius 3 is 1.77 bits per heavy atom. The summed E-state index contributed by atoms with van der Waals surface area (Å²) in [4.78, 5) is 134. The van der Waals surface area contributed by atoms with Crippen LogP contribution in [0.2, 0.25) is 0 Å². The van der Waals surface area contributed by atoms with Crippen LogP contribution in [0.3, 0.4) is 0 Å². The first-order valence-corrected chi connectivity index (χ1v) is 23.1. The molecule has 0 aliphatic rings. The Hall–Kier alpha value is -8.31. The third-order valence-electron chi connectivity index (χ3n) is 11.1. The molecule has 16 N–H and O–H groups in total. The van der Waals surface area contributed by atoms with Crippen molar-refractivity contribution < 1.29 is 48.3 Å². The lowest BCUT2D eigenvalue weighted by Gasteiger charge is -2.27. The maximum Gasteiger partial charge on any atom is 0.303 e. The molecule has 0 aliphatic heterocycles. The van der Waals surface area contributed by atoms with Gasteiger partial charge in [0.15, 0.2) is 5.96 Å². The zero-order valence-corrected chi connectivity index (χ0v) is 39.6. The summed E-state index contributed by atoms with van der Waals surface area (Å²) in [5.74, 6) is -7.72. The molecule has 24 nitrogen and oxygen atoms in total. The number of imidazole rings is 1. The van der Waals surface area contributed by atoms with Crippen molar-refractivity contribution in [2.24, 2.45) is 22.2 Å². The molecular weight excluding hydrogens is 921 g/mol. The number of amides is 8. The molecule has 4 rings (SSSR count). The number of primary amides is 1. The maximum absolute atomic E-state index is 14.5. The van der Waals surface area contributed by atoms with Gasteiger partial charge in [0.1, 0.15) is 36.3 Å². The number of benzene rings is 2. The Morgan fingerprint density at radius 2 is 1.20 bits per heavy atom. The van der Waals surface area contributed by atoms with Crippen molar-refractivity contribution in [2.75, 3.05) is 13.1 Å². The van der Waals surface area contributed by atoms with E-state index in [1.807, 2.05) is 25.1 Å². The van der Waals surface area contributed by atoms with Gasteiger partial charge in [-0.2, -0.15) is 0 Å². The lowest BCUT2D eigenvalue weighted by atomic mass is 10.0. The normalized spacial score (nSPS) is 13.4. The lowest BCUT2D eigenvalue weighted by molar-refractivity contribution is -0.138. The molecule has 2 aromatic heterocycles. The van der Waals surface area contributed by atoms with Crippen LogP contribution in [-0.4, -0.2) is 129 Å². The molecule has 71 heavy (non-hydrogen) atoms. The Labute approximate surface area is 409 Å². The van der Waals surface area contributed by atoms with E-state index in [0.717, 1.165) is 10.9 Å². The quantitative estimate of drug-likeness (QED) is 0.0162. The fourth-order valence-electron chi connectivity index (χ4n) is 7.50. The summed E-state index contributed by atoms with van der Waals surface area (Å²) >= 11 is 0. The smallest absolute Gasteiger partial charge is 0.303 e. The number of aliphatic carboxylic acids is 1. The Morgan fingerprint density at radius 1 is 0.648 bits per heavy atom. The monoisotopic (exact) mass is 984 g/mol. The lowest BCUT2D eigenvalue weighted by Crippen LogP contribution is -2.60. The Balaban J connectivity index is 1.65. The zero-order valence-electron chi connectivity index (χ0n) is 39.6. The molecule has 24 heteroatoms. The van der Waals surface area contributed by atoms with Crippen molar-refractivity contribution in [3.63, 3.8) is 0 Å². The zero-order chi connectivity index (χ0) is 51.9. The van der Waals surface area contributed by atoms with E-state index in [0.29, 0.717) is 29.7 Å². The molecule has 0 saturated carbocycles. The first-order chi connectivity index (χ1) is 33.9. The number of carboxylic acids is 1. The summed E-state index contributed by atoms with van der Waals surface area (Å²) in [7, 11) is 0. The van der Waals surface area contributed by atoms with Gasteiger partial charge < -0.3 is 69.5 Å².